The van der Waals surface area contributed by atoms with Gasteiger partial charge >= 0.3 is 0 Å². The summed E-state index contributed by atoms with van der Waals surface area (Å²) in [5.74, 6) is 4.45. The van der Waals surface area contributed by atoms with Crippen LogP contribution in [-0.4, -0.2) is 59.5 Å². The molecule has 0 unspecified atom stereocenters. The van der Waals surface area contributed by atoms with Gasteiger partial charge in [0.2, 0.25) is 0 Å². The van der Waals surface area contributed by atoms with Crippen LogP contribution in [-0.2, 0) is 13.0 Å². The van der Waals surface area contributed by atoms with Crippen LogP contribution in [0.25, 0.3) is 11.4 Å². The SMILES string of the molecule is COc1cccc(-c2nnc3n2CCN(C[C@H]2C[C@H](c4ccc(N5CCCC5)cc4C)C2)CC3)c1. The predicted octanol–water partition coefficient (Wildman–Crippen LogP) is 4.91. The van der Waals surface area contributed by atoms with E-state index >= 15 is 0 Å². The molecule has 6 rings (SSSR count). The smallest absolute Gasteiger partial charge is 0.164 e. The Kier molecular flexibility index (Phi) is 6.23. The van der Waals surface area contributed by atoms with Gasteiger partial charge in [-0.3, -0.25) is 0 Å². The quantitative estimate of drug-likeness (QED) is 0.511. The Morgan fingerprint density at radius 1 is 0.943 bits per heavy atom. The number of aryl methyl sites for hydroxylation is 1. The fourth-order valence-electron chi connectivity index (χ4n) is 6.32. The summed E-state index contributed by atoms with van der Waals surface area (Å²) in [6, 6.07) is 15.4. The van der Waals surface area contributed by atoms with Crippen molar-refractivity contribution in [2.75, 3.05) is 44.7 Å². The van der Waals surface area contributed by atoms with Crippen LogP contribution in [0, 0.1) is 12.8 Å². The number of hydrogen-bond donors (Lipinski definition) is 0. The number of methoxy groups -OCH3 is 1. The van der Waals surface area contributed by atoms with Crippen LogP contribution in [0.3, 0.4) is 0 Å². The lowest BCUT2D eigenvalue weighted by Crippen LogP contribution is -2.37. The number of nitrogens with zero attached hydrogens (tertiary/aromatic N) is 5. The molecule has 2 aromatic carbocycles. The van der Waals surface area contributed by atoms with E-state index in [-0.39, 0.29) is 0 Å². The van der Waals surface area contributed by atoms with E-state index in [1.165, 1.54) is 56.6 Å². The molecule has 184 valence electrons. The highest BCUT2D eigenvalue weighted by Gasteiger charge is 2.33. The molecule has 0 radical (unpaired) electrons. The standard InChI is InChI=1S/C29H37N5O/c1-21-16-25(33-11-3-4-12-33)8-9-27(21)24-17-22(18-24)20-32-13-10-28-30-31-29(34(28)15-14-32)23-6-5-7-26(19-23)35-2/h5-9,16,19,22,24H,3-4,10-15,17-18,20H2,1-2H3/t22-,24-. The maximum absolute atomic E-state index is 5.41. The van der Waals surface area contributed by atoms with Crippen molar-refractivity contribution in [3.8, 4) is 17.1 Å². The highest BCUT2D eigenvalue weighted by Crippen LogP contribution is 2.44. The number of ether oxygens (including phenoxy) is 1. The van der Waals surface area contributed by atoms with Gasteiger partial charge in [0.05, 0.1) is 7.11 Å². The highest BCUT2D eigenvalue weighted by molar-refractivity contribution is 5.58. The summed E-state index contributed by atoms with van der Waals surface area (Å²) < 4.78 is 7.72. The molecule has 3 aromatic rings. The van der Waals surface area contributed by atoms with Gasteiger partial charge < -0.3 is 19.1 Å². The average Bonchev–Trinajstić information content (AvgIpc) is 3.49. The van der Waals surface area contributed by atoms with Gasteiger partial charge in [-0.25, -0.2) is 0 Å². The Labute approximate surface area is 208 Å². The third-order valence-electron chi connectivity index (χ3n) is 8.36. The van der Waals surface area contributed by atoms with E-state index in [9.17, 15) is 0 Å². The van der Waals surface area contributed by atoms with Crippen molar-refractivity contribution in [1.29, 1.82) is 0 Å². The zero-order chi connectivity index (χ0) is 23.8. The molecule has 1 aromatic heterocycles. The summed E-state index contributed by atoms with van der Waals surface area (Å²) in [7, 11) is 1.71. The third-order valence-corrected chi connectivity index (χ3v) is 8.36. The van der Waals surface area contributed by atoms with E-state index in [2.05, 4.69) is 55.8 Å². The molecule has 1 aliphatic carbocycles. The average molecular weight is 472 g/mol. The van der Waals surface area contributed by atoms with E-state index < -0.39 is 0 Å². The summed E-state index contributed by atoms with van der Waals surface area (Å²) >= 11 is 0. The summed E-state index contributed by atoms with van der Waals surface area (Å²) in [6.45, 7) is 9.03. The van der Waals surface area contributed by atoms with Crippen molar-refractivity contribution in [3.63, 3.8) is 0 Å². The van der Waals surface area contributed by atoms with Crippen LogP contribution >= 0.6 is 0 Å². The second-order valence-corrected chi connectivity index (χ2v) is 10.6. The molecule has 0 amide bonds. The van der Waals surface area contributed by atoms with E-state index in [1.807, 2.05) is 18.2 Å². The minimum atomic E-state index is 0.735. The maximum atomic E-state index is 5.41. The third kappa shape index (κ3) is 4.56. The van der Waals surface area contributed by atoms with Gasteiger partial charge in [0.1, 0.15) is 11.6 Å². The molecule has 6 heteroatoms. The van der Waals surface area contributed by atoms with Crippen LogP contribution in [0.15, 0.2) is 42.5 Å². The van der Waals surface area contributed by atoms with Crippen molar-refractivity contribution >= 4 is 5.69 Å². The number of anilines is 1. The van der Waals surface area contributed by atoms with Crippen molar-refractivity contribution < 1.29 is 4.74 Å². The lowest BCUT2D eigenvalue weighted by molar-refractivity contribution is 0.160. The Morgan fingerprint density at radius 2 is 1.80 bits per heavy atom. The topological polar surface area (TPSA) is 46.4 Å². The van der Waals surface area contributed by atoms with E-state index in [4.69, 9.17) is 4.74 Å². The zero-order valence-corrected chi connectivity index (χ0v) is 21.1. The van der Waals surface area contributed by atoms with Crippen molar-refractivity contribution in [2.24, 2.45) is 5.92 Å². The molecule has 0 bridgehead atoms. The Hall–Kier alpha value is -2.86. The number of benzene rings is 2. The van der Waals surface area contributed by atoms with Crippen molar-refractivity contribution in [1.82, 2.24) is 19.7 Å². The van der Waals surface area contributed by atoms with Gasteiger partial charge in [-0.1, -0.05) is 18.2 Å². The van der Waals surface area contributed by atoms with Crippen LogP contribution in [0.1, 0.15) is 48.6 Å². The normalized spacial score (nSPS) is 22.5. The van der Waals surface area contributed by atoms with Crippen LogP contribution in [0.4, 0.5) is 5.69 Å². The number of fused-ring (bicyclic) bond motifs is 1. The molecule has 1 saturated heterocycles. The first-order chi connectivity index (χ1) is 17.2. The first-order valence-corrected chi connectivity index (χ1v) is 13.3. The lowest BCUT2D eigenvalue weighted by atomic mass is 9.70. The van der Waals surface area contributed by atoms with Crippen molar-refractivity contribution in [2.45, 2.75) is 51.5 Å². The van der Waals surface area contributed by atoms with Gasteiger partial charge in [-0.05, 0) is 79.8 Å². The predicted molar refractivity (Wildman–Crippen MR) is 140 cm³/mol. The summed E-state index contributed by atoms with van der Waals surface area (Å²) in [4.78, 5) is 5.19. The number of aromatic nitrogens is 3. The number of hydrogen-bond acceptors (Lipinski definition) is 5. The molecular formula is C29H37N5O. The molecule has 6 nitrogen and oxygen atoms in total. The van der Waals surface area contributed by atoms with Gasteiger partial charge in [0.25, 0.3) is 0 Å². The molecule has 0 spiro atoms. The maximum Gasteiger partial charge on any atom is 0.164 e. The molecule has 1 saturated carbocycles. The van der Waals surface area contributed by atoms with Crippen LogP contribution in [0.5, 0.6) is 5.75 Å². The molecule has 0 atom stereocenters. The molecule has 0 N–H and O–H groups in total. The van der Waals surface area contributed by atoms with E-state index in [0.717, 1.165) is 60.9 Å². The molecule has 2 aliphatic heterocycles. The van der Waals surface area contributed by atoms with E-state index in [0.29, 0.717) is 0 Å². The van der Waals surface area contributed by atoms with Gasteiger partial charge in [-0.15, -0.1) is 10.2 Å². The molecular weight excluding hydrogens is 434 g/mol. The minimum absolute atomic E-state index is 0.735. The zero-order valence-electron chi connectivity index (χ0n) is 21.1. The van der Waals surface area contributed by atoms with Crippen LogP contribution in [0.2, 0.25) is 0 Å². The first kappa shape index (κ1) is 22.6. The number of rotatable bonds is 6. The molecule has 2 fully saturated rings. The monoisotopic (exact) mass is 471 g/mol. The summed E-state index contributed by atoms with van der Waals surface area (Å²) in [5.41, 5.74) is 5.55. The largest absolute Gasteiger partial charge is 0.497 e. The van der Waals surface area contributed by atoms with Gasteiger partial charge in [0.15, 0.2) is 5.82 Å². The summed E-state index contributed by atoms with van der Waals surface area (Å²) in [6.07, 6.45) is 6.27. The van der Waals surface area contributed by atoms with Gasteiger partial charge in [-0.2, -0.15) is 0 Å². The second kappa shape index (κ2) is 9.65. The minimum Gasteiger partial charge on any atom is -0.497 e. The Bertz CT molecular complexity index is 1180. The first-order valence-electron chi connectivity index (χ1n) is 13.3. The fraction of sp³-hybridized carbons (Fsp3) is 0.517. The molecule has 3 heterocycles. The van der Waals surface area contributed by atoms with E-state index in [1.54, 1.807) is 12.7 Å². The summed E-state index contributed by atoms with van der Waals surface area (Å²) in [5, 5.41) is 9.05. The molecule has 35 heavy (non-hydrogen) atoms. The Morgan fingerprint density at radius 3 is 2.60 bits per heavy atom. The fourth-order valence-corrected chi connectivity index (χ4v) is 6.32. The van der Waals surface area contributed by atoms with Crippen molar-refractivity contribution in [3.05, 3.63) is 59.4 Å². The second-order valence-electron chi connectivity index (χ2n) is 10.6. The highest BCUT2D eigenvalue weighted by atomic mass is 16.5. The molecule has 3 aliphatic rings. The lowest BCUT2D eigenvalue weighted by Gasteiger charge is -2.39. The van der Waals surface area contributed by atoms with Crippen LogP contribution < -0.4 is 9.64 Å². The Balaban J connectivity index is 1.05. The van der Waals surface area contributed by atoms with Gasteiger partial charge in [0, 0.05) is 56.9 Å².